The number of hydrogen-bond acceptors (Lipinski definition) is 4. The Hall–Kier alpha value is -3.61. The highest BCUT2D eigenvalue weighted by molar-refractivity contribution is 6.00. The number of urea groups is 1. The summed E-state index contributed by atoms with van der Waals surface area (Å²) in [5, 5.41) is 5.74. The van der Waals surface area contributed by atoms with Crippen LogP contribution in [-0.2, 0) is 14.3 Å². The number of carbonyl (C=O) groups excluding carboxylic acids is 3. The van der Waals surface area contributed by atoms with Crippen LogP contribution in [0.25, 0.3) is 0 Å². The molecule has 0 radical (unpaired) electrons. The second-order valence-electron chi connectivity index (χ2n) is 8.11. The first-order chi connectivity index (χ1) is 14.8. The molecule has 2 aliphatic rings. The molecule has 0 aliphatic carbocycles. The van der Waals surface area contributed by atoms with E-state index in [2.05, 4.69) is 10.6 Å². The van der Waals surface area contributed by atoms with Crippen LogP contribution in [0.2, 0.25) is 0 Å². The summed E-state index contributed by atoms with van der Waals surface area (Å²) in [5.74, 6) is -0.584. The van der Waals surface area contributed by atoms with Crippen molar-refractivity contribution >= 4 is 23.6 Å². The molecule has 31 heavy (non-hydrogen) atoms. The van der Waals surface area contributed by atoms with Gasteiger partial charge >= 0.3 is 12.0 Å². The van der Waals surface area contributed by atoms with Crippen molar-refractivity contribution in [2.24, 2.45) is 0 Å². The molecule has 7 heteroatoms. The topological polar surface area (TPSA) is 87.7 Å². The average Bonchev–Trinajstić information content (AvgIpc) is 3.12. The normalized spacial score (nSPS) is 18.1. The van der Waals surface area contributed by atoms with Gasteiger partial charge in [-0.2, -0.15) is 0 Å². The summed E-state index contributed by atoms with van der Waals surface area (Å²) in [6.07, 6.45) is 0. The number of hydrogen-bond donors (Lipinski definition) is 2. The maximum atomic E-state index is 12.9. The molecule has 2 aromatic rings. The third-order valence-electron chi connectivity index (χ3n) is 5.57. The van der Waals surface area contributed by atoms with Gasteiger partial charge in [0.05, 0.1) is 17.3 Å². The Bertz CT molecular complexity index is 1070. The molecular weight excluding hydrogens is 394 g/mol. The van der Waals surface area contributed by atoms with Gasteiger partial charge in [0.25, 0.3) is 0 Å². The standard InChI is InChI=1S/C24H25N3O4/c1-14(2)17-6-4-5-7-18(17)25-20(28)12-27-19-13-31-23(29)21(19)22(26-24(27)30)16-10-8-15(3)9-11-16/h4-11,14,22H,12-13H2,1-3H3,(H,25,28)(H,26,30)/t22-/m1/s1. The number of rotatable bonds is 5. The Morgan fingerprint density at radius 3 is 2.58 bits per heavy atom. The van der Waals surface area contributed by atoms with Crippen LogP contribution in [0.4, 0.5) is 10.5 Å². The minimum atomic E-state index is -0.598. The van der Waals surface area contributed by atoms with Crippen LogP contribution in [0, 0.1) is 6.92 Å². The summed E-state index contributed by atoms with van der Waals surface area (Å²) in [4.78, 5) is 39.4. The summed E-state index contributed by atoms with van der Waals surface area (Å²) >= 11 is 0. The Kier molecular flexibility index (Phi) is 5.50. The molecule has 7 nitrogen and oxygen atoms in total. The number of nitrogens with one attached hydrogen (secondary N) is 2. The van der Waals surface area contributed by atoms with E-state index in [0.717, 1.165) is 16.7 Å². The quantitative estimate of drug-likeness (QED) is 0.725. The second-order valence-corrected chi connectivity index (χ2v) is 8.11. The maximum absolute atomic E-state index is 12.9. The molecule has 3 amide bonds. The van der Waals surface area contributed by atoms with Gasteiger partial charge < -0.3 is 15.4 Å². The first-order valence-electron chi connectivity index (χ1n) is 10.3. The van der Waals surface area contributed by atoms with Crippen LogP contribution < -0.4 is 10.6 Å². The van der Waals surface area contributed by atoms with Crippen LogP contribution >= 0.6 is 0 Å². The van der Waals surface area contributed by atoms with E-state index in [4.69, 9.17) is 4.74 Å². The van der Waals surface area contributed by atoms with Gasteiger partial charge in [-0.25, -0.2) is 9.59 Å². The molecule has 2 aliphatic heterocycles. The van der Waals surface area contributed by atoms with Gasteiger partial charge in [0, 0.05) is 5.69 Å². The number of cyclic esters (lactones) is 1. The monoisotopic (exact) mass is 419 g/mol. The number of aryl methyl sites for hydroxylation is 1. The smallest absolute Gasteiger partial charge is 0.338 e. The van der Waals surface area contributed by atoms with E-state index >= 15 is 0 Å². The SMILES string of the molecule is Cc1ccc([C@H]2NC(=O)N(CC(=O)Nc3ccccc3C(C)C)C3=C2C(=O)OC3)cc1. The summed E-state index contributed by atoms with van der Waals surface area (Å²) in [5.41, 5.74) is 4.41. The van der Waals surface area contributed by atoms with Crippen LogP contribution in [0.3, 0.4) is 0 Å². The van der Waals surface area contributed by atoms with Crippen molar-refractivity contribution in [1.29, 1.82) is 0 Å². The number of ether oxygens (including phenoxy) is 1. The van der Waals surface area contributed by atoms with E-state index in [0.29, 0.717) is 17.0 Å². The summed E-state index contributed by atoms with van der Waals surface area (Å²) < 4.78 is 5.23. The molecule has 0 saturated heterocycles. The highest BCUT2D eigenvalue weighted by Crippen LogP contribution is 2.35. The predicted octanol–water partition coefficient (Wildman–Crippen LogP) is 3.63. The fraction of sp³-hybridized carbons (Fsp3) is 0.292. The van der Waals surface area contributed by atoms with E-state index in [1.807, 2.05) is 69.3 Å². The van der Waals surface area contributed by atoms with Gasteiger partial charge in [-0.1, -0.05) is 61.9 Å². The molecular formula is C24H25N3O4. The number of amides is 3. The van der Waals surface area contributed by atoms with Crippen molar-refractivity contribution in [3.8, 4) is 0 Å². The zero-order valence-corrected chi connectivity index (χ0v) is 17.8. The third-order valence-corrected chi connectivity index (χ3v) is 5.57. The highest BCUT2D eigenvalue weighted by Gasteiger charge is 2.42. The summed E-state index contributed by atoms with van der Waals surface area (Å²) in [6, 6.07) is 14.1. The van der Waals surface area contributed by atoms with Gasteiger partial charge in [-0.3, -0.25) is 9.69 Å². The fourth-order valence-electron chi connectivity index (χ4n) is 3.93. The van der Waals surface area contributed by atoms with Crippen LogP contribution in [0.15, 0.2) is 59.8 Å². The molecule has 0 aromatic heterocycles. The molecule has 0 spiro atoms. The minimum absolute atomic E-state index is 0.0280. The highest BCUT2D eigenvalue weighted by atomic mass is 16.5. The summed E-state index contributed by atoms with van der Waals surface area (Å²) in [6.45, 7) is 5.82. The fourth-order valence-corrected chi connectivity index (χ4v) is 3.93. The minimum Gasteiger partial charge on any atom is -0.456 e. The molecule has 1 atom stereocenters. The van der Waals surface area contributed by atoms with E-state index in [-0.39, 0.29) is 25.0 Å². The lowest BCUT2D eigenvalue weighted by atomic mass is 9.95. The molecule has 0 fully saturated rings. The number of benzene rings is 2. The van der Waals surface area contributed by atoms with E-state index in [1.165, 1.54) is 4.90 Å². The van der Waals surface area contributed by atoms with Gasteiger partial charge in [0.1, 0.15) is 13.2 Å². The van der Waals surface area contributed by atoms with Gasteiger partial charge in [-0.15, -0.1) is 0 Å². The van der Waals surface area contributed by atoms with Crippen LogP contribution in [0.1, 0.15) is 42.5 Å². The van der Waals surface area contributed by atoms with Crippen molar-refractivity contribution in [2.45, 2.75) is 32.7 Å². The molecule has 0 unspecified atom stereocenters. The Morgan fingerprint density at radius 1 is 1.16 bits per heavy atom. The zero-order chi connectivity index (χ0) is 22.1. The van der Waals surface area contributed by atoms with Crippen molar-refractivity contribution < 1.29 is 19.1 Å². The van der Waals surface area contributed by atoms with E-state index in [9.17, 15) is 14.4 Å². The maximum Gasteiger partial charge on any atom is 0.338 e. The second kappa shape index (κ2) is 8.26. The first kappa shape index (κ1) is 20.7. The Balaban J connectivity index is 1.59. The van der Waals surface area contributed by atoms with Gasteiger partial charge in [0.2, 0.25) is 5.91 Å². The largest absolute Gasteiger partial charge is 0.456 e. The summed E-state index contributed by atoms with van der Waals surface area (Å²) in [7, 11) is 0. The van der Waals surface area contributed by atoms with Crippen molar-refractivity contribution in [1.82, 2.24) is 10.2 Å². The van der Waals surface area contributed by atoms with Gasteiger partial charge in [-0.05, 0) is 30.0 Å². The molecule has 2 N–H and O–H groups in total. The zero-order valence-electron chi connectivity index (χ0n) is 17.8. The van der Waals surface area contributed by atoms with Crippen LogP contribution in [-0.4, -0.2) is 36.0 Å². The Labute approximate surface area is 181 Å². The number of carbonyl (C=O) groups is 3. The molecule has 4 rings (SSSR count). The molecule has 0 saturated carbocycles. The van der Waals surface area contributed by atoms with Crippen molar-refractivity contribution in [2.75, 3.05) is 18.5 Å². The van der Waals surface area contributed by atoms with E-state index < -0.39 is 18.0 Å². The molecule has 2 heterocycles. The lowest BCUT2D eigenvalue weighted by molar-refractivity contribution is -0.136. The molecule has 2 aromatic carbocycles. The Morgan fingerprint density at radius 2 is 1.87 bits per heavy atom. The van der Waals surface area contributed by atoms with Crippen LogP contribution in [0.5, 0.6) is 0 Å². The van der Waals surface area contributed by atoms with E-state index in [1.54, 1.807) is 0 Å². The van der Waals surface area contributed by atoms with Gasteiger partial charge in [0.15, 0.2) is 0 Å². The predicted molar refractivity (Wildman–Crippen MR) is 116 cm³/mol. The lowest BCUT2D eigenvalue weighted by Crippen LogP contribution is -2.49. The first-order valence-corrected chi connectivity index (χ1v) is 10.3. The number of esters is 1. The number of nitrogens with zero attached hydrogens (tertiary/aromatic N) is 1. The molecule has 160 valence electrons. The number of anilines is 1. The number of para-hydroxylation sites is 1. The average molecular weight is 419 g/mol. The molecule has 0 bridgehead atoms. The van der Waals surface area contributed by atoms with Crippen molar-refractivity contribution in [3.05, 3.63) is 76.5 Å². The van der Waals surface area contributed by atoms with Crippen molar-refractivity contribution in [3.63, 3.8) is 0 Å². The lowest BCUT2D eigenvalue weighted by Gasteiger charge is -2.32. The third kappa shape index (κ3) is 4.03.